The van der Waals surface area contributed by atoms with Gasteiger partial charge in [0.2, 0.25) is 11.0 Å². The largest absolute Gasteiger partial charge is 0.497 e. The predicted octanol–water partition coefficient (Wildman–Crippen LogP) is 3.05. The summed E-state index contributed by atoms with van der Waals surface area (Å²) in [7, 11) is 1.56. The number of carbonyl (C=O) groups excluding carboxylic acids is 2. The summed E-state index contributed by atoms with van der Waals surface area (Å²) in [6.45, 7) is 5.77. The molecule has 0 radical (unpaired) electrons. The predicted molar refractivity (Wildman–Crippen MR) is 104 cm³/mol. The maximum atomic E-state index is 12.6. The molecule has 1 atom stereocenters. The van der Waals surface area contributed by atoms with Gasteiger partial charge in [-0.2, -0.15) is 0 Å². The van der Waals surface area contributed by atoms with Crippen LogP contribution in [0.1, 0.15) is 31.1 Å². The zero-order chi connectivity index (χ0) is 19.1. The average molecular weight is 395 g/mol. The molecule has 0 aliphatic heterocycles. The van der Waals surface area contributed by atoms with Crippen LogP contribution in [0.3, 0.4) is 0 Å². The SMILES string of the molecule is CCSc1nnc(NC(=O)C(NC(=O)c2ccc(OC)cc2)C(C)C)s1. The molecular weight excluding hydrogens is 372 g/mol. The molecule has 1 unspecified atom stereocenters. The molecule has 2 rings (SSSR count). The molecule has 0 bridgehead atoms. The number of aromatic nitrogens is 2. The minimum Gasteiger partial charge on any atom is -0.497 e. The first kappa shape index (κ1) is 20.2. The van der Waals surface area contributed by atoms with E-state index in [9.17, 15) is 9.59 Å². The Bertz CT molecular complexity index is 747. The fraction of sp³-hybridized carbons (Fsp3) is 0.412. The molecule has 2 N–H and O–H groups in total. The molecule has 26 heavy (non-hydrogen) atoms. The van der Waals surface area contributed by atoms with Gasteiger partial charge in [-0.15, -0.1) is 10.2 Å². The van der Waals surface area contributed by atoms with Crippen molar-refractivity contribution in [2.45, 2.75) is 31.2 Å². The molecule has 9 heteroatoms. The van der Waals surface area contributed by atoms with Gasteiger partial charge in [0, 0.05) is 5.56 Å². The van der Waals surface area contributed by atoms with Gasteiger partial charge in [-0.1, -0.05) is 43.9 Å². The zero-order valence-corrected chi connectivity index (χ0v) is 16.7. The first-order valence-corrected chi connectivity index (χ1v) is 9.96. The Morgan fingerprint density at radius 3 is 2.50 bits per heavy atom. The van der Waals surface area contributed by atoms with E-state index in [0.717, 1.165) is 10.1 Å². The molecule has 1 aromatic carbocycles. The Kier molecular flexibility index (Phi) is 7.40. The lowest BCUT2D eigenvalue weighted by molar-refractivity contribution is -0.118. The van der Waals surface area contributed by atoms with E-state index in [2.05, 4.69) is 20.8 Å². The number of amides is 2. The van der Waals surface area contributed by atoms with Crippen LogP contribution in [0, 0.1) is 5.92 Å². The van der Waals surface area contributed by atoms with Gasteiger partial charge in [-0.05, 0) is 35.9 Å². The van der Waals surface area contributed by atoms with Gasteiger partial charge >= 0.3 is 0 Å². The first-order valence-electron chi connectivity index (χ1n) is 8.16. The number of hydrogen-bond acceptors (Lipinski definition) is 7. The van der Waals surface area contributed by atoms with Crippen molar-refractivity contribution in [3.05, 3.63) is 29.8 Å². The number of rotatable bonds is 8. The number of benzene rings is 1. The maximum absolute atomic E-state index is 12.6. The van der Waals surface area contributed by atoms with E-state index in [-0.39, 0.29) is 17.7 Å². The molecule has 140 valence electrons. The maximum Gasteiger partial charge on any atom is 0.251 e. The third-order valence-electron chi connectivity index (χ3n) is 3.49. The molecule has 1 aromatic heterocycles. The number of nitrogens with zero attached hydrogens (tertiary/aromatic N) is 2. The van der Waals surface area contributed by atoms with E-state index in [1.165, 1.54) is 11.3 Å². The molecule has 1 heterocycles. The van der Waals surface area contributed by atoms with E-state index in [1.54, 1.807) is 43.1 Å². The second-order valence-electron chi connectivity index (χ2n) is 5.72. The number of methoxy groups -OCH3 is 1. The third-order valence-corrected chi connectivity index (χ3v) is 5.35. The molecule has 0 fully saturated rings. The van der Waals surface area contributed by atoms with Crippen molar-refractivity contribution in [2.75, 3.05) is 18.2 Å². The summed E-state index contributed by atoms with van der Waals surface area (Å²) in [5, 5.41) is 13.9. The van der Waals surface area contributed by atoms with Crippen LogP contribution < -0.4 is 15.4 Å². The molecule has 0 aliphatic carbocycles. The smallest absolute Gasteiger partial charge is 0.251 e. The van der Waals surface area contributed by atoms with Crippen LogP contribution in [-0.2, 0) is 4.79 Å². The van der Waals surface area contributed by atoms with Crippen LogP contribution in [0.4, 0.5) is 5.13 Å². The molecular formula is C17H22N4O3S2. The lowest BCUT2D eigenvalue weighted by Gasteiger charge is -2.21. The van der Waals surface area contributed by atoms with Gasteiger partial charge in [-0.3, -0.25) is 14.9 Å². The summed E-state index contributed by atoms with van der Waals surface area (Å²) in [6.07, 6.45) is 0. The van der Waals surface area contributed by atoms with Crippen LogP contribution in [-0.4, -0.2) is 40.9 Å². The molecule has 0 spiro atoms. The molecule has 2 aromatic rings. The summed E-state index contributed by atoms with van der Waals surface area (Å²) < 4.78 is 5.88. The van der Waals surface area contributed by atoms with Crippen LogP contribution >= 0.6 is 23.1 Å². The van der Waals surface area contributed by atoms with Crippen molar-refractivity contribution in [1.29, 1.82) is 0 Å². The first-order chi connectivity index (χ1) is 12.4. The van der Waals surface area contributed by atoms with E-state index in [0.29, 0.717) is 16.4 Å². The third kappa shape index (κ3) is 5.43. The van der Waals surface area contributed by atoms with Gasteiger partial charge in [0.1, 0.15) is 11.8 Å². The van der Waals surface area contributed by atoms with Crippen LogP contribution in [0.15, 0.2) is 28.6 Å². The van der Waals surface area contributed by atoms with E-state index < -0.39 is 6.04 Å². The number of ether oxygens (including phenoxy) is 1. The highest BCUT2D eigenvalue weighted by Gasteiger charge is 2.25. The number of anilines is 1. The molecule has 0 saturated carbocycles. The summed E-state index contributed by atoms with van der Waals surface area (Å²) in [5.74, 6) is 0.827. The van der Waals surface area contributed by atoms with E-state index in [4.69, 9.17) is 4.74 Å². The minimum absolute atomic E-state index is 0.0883. The summed E-state index contributed by atoms with van der Waals surface area (Å²) in [4.78, 5) is 25.0. The number of thioether (sulfide) groups is 1. The highest BCUT2D eigenvalue weighted by atomic mass is 32.2. The summed E-state index contributed by atoms with van der Waals surface area (Å²) in [6, 6.07) is 6.03. The van der Waals surface area contributed by atoms with Crippen molar-refractivity contribution in [1.82, 2.24) is 15.5 Å². The van der Waals surface area contributed by atoms with Gasteiger partial charge in [0.05, 0.1) is 7.11 Å². The lowest BCUT2D eigenvalue weighted by Crippen LogP contribution is -2.47. The van der Waals surface area contributed by atoms with Crippen LogP contribution in [0.2, 0.25) is 0 Å². The average Bonchev–Trinajstić information content (AvgIpc) is 3.06. The van der Waals surface area contributed by atoms with E-state index in [1.807, 2.05) is 20.8 Å². The van der Waals surface area contributed by atoms with Gasteiger partial charge < -0.3 is 10.1 Å². The summed E-state index contributed by atoms with van der Waals surface area (Å²) in [5.41, 5.74) is 0.460. The van der Waals surface area contributed by atoms with E-state index >= 15 is 0 Å². The van der Waals surface area contributed by atoms with Crippen molar-refractivity contribution in [3.63, 3.8) is 0 Å². The van der Waals surface area contributed by atoms with Crippen molar-refractivity contribution in [3.8, 4) is 5.75 Å². The Morgan fingerprint density at radius 2 is 1.92 bits per heavy atom. The molecule has 0 aliphatic rings. The van der Waals surface area contributed by atoms with Gasteiger partial charge in [-0.25, -0.2) is 0 Å². The number of hydrogen-bond donors (Lipinski definition) is 2. The molecule has 0 saturated heterocycles. The monoisotopic (exact) mass is 394 g/mol. The zero-order valence-electron chi connectivity index (χ0n) is 15.1. The van der Waals surface area contributed by atoms with Crippen molar-refractivity contribution in [2.24, 2.45) is 5.92 Å². The highest BCUT2D eigenvalue weighted by molar-refractivity contribution is 8.01. The van der Waals surface area contributed by atoms with Crippen molar-refractivity contribution >= 4 is 40.0 Å². The fourth-order valence-corrected chi connectivity index (χ4v) is 3.78. The Labute approximate surface area is 160 Å². The summed E-state index contributed by atoms with van der Waals surface area (Å²) >= 11 is 2.88. The second kappa shape index (κ2) is 9.54. The van der Waals surface area contributed by atoms with Crippen molar-refractivity contribution < 1.29 is 14.3 Å². The quantitative estimate of drug-likeness (QED) is 0.528. The van der Waals surface area contributed by atoms with Gasteiger partial charge in [0.15, 0.2) is 4.34 Å². The number of carbonyl (C=O) groups is 2. The topological polar surface area (TPSA) is 93.2 Å². The fourth-order valence-electron chi connectivity index (χ4n) is 2.13. The Hall–Kier alpha value is -2.13. The van der Waals surface area contributed by atoms with Crippen LogP contribution in [0.5, 0.6) is 5.75 Å². The number of nitrogens with one attached hydrogen (secondary N) is 2. The Balaban J connectivity index is 2.03. The second-order valence-corrected chi connectivity index (χ2v) is 8.21. The van der Waals surface area contributed by atoms with Crippen LogP contribution in [0.25, 0.3) is 0 Å². The standard InChI is InChI=1S/C17H22N4O3S2/c1-5-25-17-21-20-16(26-17)19-15(23)13(10(2)3)18-14(22)11-6-8-12(24-4)9-7-11/h6-10,13H,5H2,1-4H3,(H,18,22)(H,19,20,23). The molecule has 7 nitrogen and oxygen atoms in total. The normalized spacial score (nSPS) is 11.9. The minimum atomic E-state index is -0.684. The van der Waals surface area contributed by atoms with Gasteiger partial charge in [0.25, 0.3) is 5.91 Å². The molecule has 2 amide bonds. The lowest BCUT2D eigenvalue weighted by atomic mass is 10.0. The Morgan fingerprint density at radius 1 is 1.23 bits per heavy atom. The highest BCUT2D eigenvalue weighted by Crippen LogP contribution is 2.25.